The summed E-state index contributed by atoms with van der Waals surface area (Å²) in [7, 11) is 0. The molecule has 1 aromatic carbocycles. The summed E-state index contributed by atoms with van der Waals surface area (Å²) in [4.78, 5) is 14.5. The number of likely N-dealkylation sites (N-methyl/N-ethyl adjacent to an activating group) is 1. The minimum absolute atomic E-state index is 0.00410. The van der Waals surface area contributed by atoms with E-state index >= 15 is 0 Å². The van der Waals surface area contributed by atoms with Crippen molar-refractivity contribution in [3.05, 3.63) is 29.8 Å². The van der Waals surface area contributed by atoms with Crippen LogP contribution in [0.25, 0.3) is 0 Å². The van der Waals surface area contributed by atoms with Crippen LogP contribution in [0.5, 0.6) is 0 Å². The van der Waals surface area contributed by atoms with Gasteiger partial charge in [-0.3, -0.25) is 9.69 Å². The van der Waals surface area contributed by atoms with E-state index in [-0.39, 0.29) is 5.91 Å². The number of anilines is 1. The van der Waals surface area contributed by atoms with Gasteiger partial charge in [0.1, 0.15) is 4.99 Å². The Morgan fingerprint density at radius 2 is 1.95 bits per heavy atom. The van der Waals surface area contributed by atoms with E-state index in [9.17, 15) is 4.79 Å². The molecule has 0 bridgehead atoms. The summed E-state index contributed by atoms with van der Waals surface area (Å²) in [6.07, 6.45) is 0. The summed E-state index contributed by atoms with van der Waals surface area (Å²) in [6, 6.07) is 7.24. The van der Waals surface area contributed by atoms with Crippen LogP contribution in [0.4, 0.5) is 5.69 Å². The first-order chi connectivity index (χ1) is 9.42. The number of amides is 1. The normalized spacial score (nSPS) is 10.8. The van der Waals surface area contributed by atoms with E-state index in [0.717, 1.165) is 24.3 Å². The van der Waals surface area contributed by atoms with Crippen molar-refractivity contribution in [2.75, 3.05) is 25.0 Å². The summed E-state index contributed by atoms with van der Waals surface area (Å²) in [6.45, 7) is 8.55. The van der Waals surface area contributed by atoms with Gasteiger partial charge in [-0.05, 0) is 36.7 Å². The molecule has 1 aromatic rings. The van der Waals surface area contributed by atoms with Crippen LogP contribution in [0.1, 0.15) is 26.3 Å². The molecule has 0 radical (unpaired) electrons. The van der Waals surface area contributed by atoms with Crippen LogP contribution >= 0.6 is 12.2 Å². The first-order valence-corrected chi connectivity index (χ1v) is 7.25. The van der Waals surface area contributed by atoms with Crippen molar-refractivity contribution in [1.82, 2.24) is 4.90 Å². The van der Waals surface area contributed by atoms with Crippen LogP contribution in [-0.2, 0) is 4.79 Å². The Morgan fingerprint density at radius 1 is 1.35 bits per heavy atom. The van der Waals surface area contributed by atoms with Gasteiger partial charge < -0.3 is 11.1 Å². The third-order valence-electron chi connectivity index (χ3n) is 2.89. The molecule has 5 heteroatoms. The van der Waals surface area contributed by atoms with Crippen molar-refractivity contribution < 1.29 is 4.79 Å². The number of benzene rings is 1. The minimum atomic E-state index is -0.00410. The Hall–Kier alpha value is -1.46. The third-order valence-corrected chi connectivity index (χ3v) is 3.13. The van der Waals surface area contributed by atoms with E-state index in [4.69, 9.17) is 18.0 Å². The Balaban J connectivity index is 2.55. The molecule has 110 valence electrons. The molecule has 0 aliphatic rings. The lowest BCUT2D eigenvalue weighted by atomic mass is 10.2. The third kappa shape index (κ3) is 5.67. The largest absolute Gasteiger partial charge is 0.389 e. The highest BCUT2D eigenvalue weighted by atomic mass is 32.1. The van der Waals surface area contributed by atoms with Crippen molar-refractivity contribution in [3.63, 3.8) is 0 Å². The van der Waals surface area contributed by atoms with Crippen LogP contribution in [0.2, 0.25) is 0 Å². The second-order valence-electron chi connectivity index (χ2n) is 5.21. The zero-order valence-corrected chi connectivity index (χ0v) is 13.2. The van der Waals surface area contributed by atoms with Gasteiger partial charge in [0.05, 0.1) is 6.54 Å². The summed E-state index contributed by atoms with van der Waals surface area (Å²) in [5.74, 6) is 0.545. The van der Waals surface area contributed by atoms with Crippen LogP contribution in [-0.4, -0.2) is 35.4 Å². The van der Waals surface area contributed by atoms with E-state index in [1.807, 2.05) is 24.3 Å². The highest BCUT2D eigenvalue weighted by Crippen LogP contribution is 2.09. The number of hydrogen-bond donors (Lipinski definition) is 2. The first kappa shape index (κ1) is 16.6. The molecule has 0 aliphatic heterocycles. The lowest BCUT2D eigenvalue weighted by Gasteiger charge is -2.21. The molecular weight excluding hydrogens is 270 g/mol. The molecule has 1 amide bonds. The second-order valence-corrected chi connectivity index (χ2v) is 5.65. The summed E-state index contributed by atoms with van der Waals surface area (Å²) >= 11 is 4.89. The van der Waals surface area contributed by atoms with Gasteiger partial charge in [-0.1, -0.05) is 33.0 Å². The maximum atomic E-state index is 12.0. The Labute approximate surface area is 126 Å². The van der Waals surface area contributed by atoms with Crippen molar-refractivity contribution in [3.8, 4) is 0 Å². The van der Waals surface area contributed by atoms with Gasteiger partial charge in [0.2, 0.25) is 5.91 Å². The van der Waals surface area contributed by atoms with Gasteiger partial charge in [0, 0.05) is 17.8 Å². The fourth-order valence-electron chi connectivity index (χ4n) is 1.94. The molecule has 0 heterocycles. The Bertz CT molecular complexity index is 457. The maximum Gasteiger partial charge on any atom is 0.238 e. The van der Waals surface area contributed by atoms with E-state index in [2.05, 4.69) is 31.0 Å². The summed E-state index contributed by atoms with van der Waals surface area (Å²) in [5.41, 5.74) is 7.09. The van der Waals surface area contributed by atoms with E-state index in [1.54, 1.807) is 0 Å². The van der Waals surface area contributed by atoms with E-state index in [1.165, 1.54) is 0 Å². The van der Waals surface area contributed by atoms with Crippen molar-refractivity contribution in [1.29, 1.82) is 0 Å². The van der Waals surface area contributed by atoms with Crippen LogP contribution in [0.3, 0.4) is 0 Å². The number of carbonyl (C=O) groups is 1. The monoisotopic (exact) mass is 293 g/mol. The lowest BCUT2D eigenvalue weighted by molar-refractivity contribution is -0.117. The summed E-state index contributed by atoms with van der Waals surface area (Å²) in [5, 5.41) is 2.88. The predicted octanol–water partition coefficient (Wildman–Crippen LogP) is 2.24. The SMILES string of the molecule is CCN(CC(=O)Nc1ccc(C(N)=S)cc1)CC(C)C. The van der Waals surface area contributed by atoms with Crippen LogP contribution in [0, 0.1) is 5.92 Å². The van der Waals surface area contributed by atoms with Gasteiger partial charge in [0.15, 0.2) is 0 Å². The number of rotatable bonds is 7. The van der Waals surface area contributed by atoms with Crippen LogP contribution in [0.15, 0.2) is 24.3 Å². The highest BCUT2D eigenvalue weighted by molar-refractivity contribution is 7.80. The molecule has 0 aromatic heterocycles. The molecule has 0 fully saturated rings. The number of carbonyl (C=O) groups excluding carboxylic acids is 1. The van der Waals surface area contributed by atoms with Crippen molar-refractivity contribution in [2.24, 2.45) is 11.7 Å². The van der Waals surface area contributed by atoms with Crippen molar-refractivity contribution >= 4 is 28.8 Å². The van der Waals surface area contributed by atoms with Gasteiger partial charge in [0.25, 0.3) is 0 Å². The molecule has 1 rings (SSSR count). The maximum absolute atomic E-state index is 12.0. The molecule has 3 N–H and O–H groups in total. The Kier molecular flexibility index (Phi) is 6.61. The predicted molar refractivity (Wildman–Crippen MR) is 87.9 cm³/mol. The standard InChI is InChI=1S/C15H23N3OS/c1-4-18(9-11(2)3)10-14(19)17-13-7-5-12(6-8-13)15(16)20/h5-8,11H,4,9-10H2,1-3H3,(H2,16,20)(H,17,19). The minimum Gasteiger partial charge on any atom is -0.389 e. The molecule has 0 atom stereocenters. The summed E-state index contributed by atoms with van der Waals surface area (Å²) < 4.78 is 0. The van der Waals surface area contributed by atoms with Gasteiger partial charge in [-0.2, -0.15) is 0 Å². The molecule has 4 nitrogen and oxygen atoms in total. The molecule has 0 saturated heterocycles. The average molecular weight is 293 g/mol. The molecule has 0 saturated carbocycles. The van der Waals surface area contributed by atoms with Crippen LogP contribution < -0.4 is 11.1 Å². The van der Waals surface area contributed by atoms with Gasteiger partial charge in [-0.15, -0.1) is 0 Å². The number of nitrogens with zero attached hydrogens (tertiary/aromatic N) is 1. The molecule has 0 unspecified atom stereocenters. The number of nitrogens with one attached hydrogen (secondary N) is 1. The van der Waals surface area contributed by atoms with Gasteiger partial charge >= 0.3 is 0 Å². The van der Waals surface area contributed by atoms with Crippen molar-refractivity contribution in [2.45, 2.75) is 20.8 Å². The highest BCUT2D eigenvalue weighted by Gasteiger charge is 2.10. The lowest BCUT2D eigenvalue weighted by Crippen LogP contribution is -2.35. The van der Waals surface area contributed by atoms with E-state index in [0.29, 0.717) is 17.5 Å². The molecule has 0 spiro atoms. The number of nitrogens with two attached hydrogens (primary N) is 1. The number of hydrogen-bond acceptors (Lipinski definition) is 3. The topological polar surface area (TPSA) is 58.4 Å². The fraction of sp³-hybridized carbons (Fsp3) is 0.467. The smallest absolute Gasteiger partial charge is 0.238 e. The van der Waals surface area contributed by atoms with Gasteiger partial charge in [-0.25, -0.2) is 0 Å². The molecule has 20 heavy (non-hydrogen) atoms. The first-order valence-electron chi connectivity index (χ1n) is 6.84. The zero-order valence-electron chi connectivity index (χ0n) is 12.3. The quantitative estimate of drug-likeness (QED) is 0.757. The Morgan fingerprint density at radius 3 is 2.40 bits per heavy atom. The molecule has 0 aliphatic carbocycles. The fourth-order valence-corrected chi connectivity index (χ4v) is 2.08. The van der Waals surface area contributed by atoms with E-state index < -0.39 is 0 Å². The average Bonchev–Trinajstić information content (AvgIpc) is 2.37. The molecular formula is C15H23N3OS. The number of thiocarbonyl (C=S) groups is 1. The zero-order chi connectivity index (χ0) is 15.1. The second kappa shape index (κ2) is 7.97.